The van der Waals surface area contributed by atoms with E-state index in [0.29, 0.717) is 0 Å². The molecule has 0 amide bonds. The molecule has 3 aromatic heterocycles. The standard InChI is InChI=1S/C24H28N2S3/c1-7-23(3,4)19-13-11-17(27-19)15-9-10-16(22-21(15)25-29-26-22)18-12-14-20(28-18)24(5,6)8-2/h9-14H,7-8H2,1-6H3. The third kappa shape index (κ3) is 3.69. The number of rotatable bonds is 6. The van der Waals surface area contributed by atoms with Gasteiger partial charge in [0.25, 0.3) is 0 Å². The number of hydrogen-bond acceptors (Lipinski definition) is 5. The molecule has 5 heteroatoms. The van der Waals surface area contributed by atoms with Gasteiger partial charge in [0, 0.05) is 30.6 Å². The Balaban J connectivity index is 1.78. The van der Waals surface area contributed by atoms with Gasteiger partial charge in [0.2, 0.25) is 0 Å². The molecule has 0 aliphatic rings. The maximum absolute atomic E-state index is 4.69. The van der Waals surface area contributed by atoms with Gasteiger partial charge >= 0.3 is 0 Å². The third-order valence-corrected chi connectivity index (χ3v) is 9.76. The first-order valence-electron chi connectivity index (χ1n) is 10.2. The lowest BCUT2D eigenvalue weighted by Crippen LogP contribution is -2.12. The minimum Gasteiger partial charge on any atom is -0.172 e. The summed E-state index contributed by atoms with van der Waals surface area (Å²) in [6, 6.07) is 13.5. The Morgan fingerprint density at radius 1 is 0.655 bits per heavy atom. The summed E-state index contributed by atoms with van der Waals surface area (Å²) in [5, 5.41) is 0. The quantitative estimate of drug-likeness (QED) is 0.300. The van der Waals surface area contributed by atoms with Crippen LogP contribution in [-0.2, 0) is 10.8 Å². The first-order chi connectivity index (χ1) is 13.8. The number of thiophene rings is 2. The molecule has 0 fully saturated rings. The normalized spacial score (nSPS) is 12.8. The summed E-state index contributed by atoms with van der Waals surface area (Å²) in [6.07, 6.45) is 2.27. The second-order valence-corrected chi connectivity index (χ2v) is 11.6. The van der Waals surface area contributed by atoms with Crippen molar-refractivity contribution in [2.45, 2.75) is 65.2 Å². The highest BCUT2D eigenvalue weighted by Crippen LogP contribution is 2.43. The minimum atomic E-state index is 0.210. The molecule has 0 spiro atoms. The summed E-state index contributed by atoms with van der Waals surface area (Å²) in [4.78, 5) is 5.43. The van der Waals surface area contributed by atoms with E-state index < -0.39 is 0 Å². The molecule has 0 atom stereocenters. The Bertz CT molecular complexity index is 1060. The highest BCUT2D eigenvalue weighted by Gasteiger charge is 2.23. The first kappa shape index (κ1) is 20.7. The van der Waals surface area contributed by atoms with Crippen LogP contribution in [0.2, 0.25) is 0 Å². The van der Waals surface area contributed by atoms with E-state index >= 15 is 0 Å². The highest BCUT2D eigenvalue weighted by molar-refractivity contribution is 7.16. The fourth-order valence-electron chi connectivity index (χ4n) is 3.31. The monoisotopic (exact) mass is 440 g/mol. The minimum absolute atomic E-state index is 0.210. The van der Waals surface area contributed by atoms with Gasteiger partial charge in [-0.2, -0.15) is 8.75 Å². The number of aromatic nitrogens is 2. The second-order valence-electron chi connectivity index (χ2n) is 8.92. The van der Waals surface area contributed by atoms with Crippen LogP contribution in [0.15, 0.2) is 36.4 Å². The summed E-state index contributed by atoms with van der Waals surface area (Å²) in [5.41, 5.74) is 4.88. The lowest BCUT2D eigenvalue weighted by atomic mass is 9.88. The highest BCUT2D eigenvalue weighted by atomic mass is 32.1. The first-order valence-corrected chi connectivity index (χ1v) is 12.6. The van der Waals surface area contributed by atoms with E-state index in [1.807, 2.05) is 22.7 Å². The van der Waals surface area contributed by atoms with Gasteiger partial charge in [-0.3, -0.25) is 0 Å². The van der Waals surface area contributed by atoms with E-state index in [1.54, 1.807) is 0 Å². The summed E-state index contributed by atoms with van der Waals surface area (Å²) < 4.78 is 9.37. The van der Waals surface area contributed by atoms with Crippen LogP contribution in [0.25, 0.3) is 31.9 Å². The third-order valence-electron chi connectivity index (χ3n) is 6.26. The molecule has 0 aliphatic carbocycles. The molecule has 29 heavy (non-hydrogen) atoms. The maximum Gasteiger partial charge on any atom is 0.114 e. The van der Waals surface area contributed by atoms with Gasteiger partial charge in [-0.15, -0.1) is 22.7 Å². The summed E-state index contributed by atoms with van der Waals surface area (Å²) in [7, 11) is 0. The second kappa shape index (κ2) is 7.60. The van der Waals surface area contributed by atoms with Gasteiger partial charge in [-0.1, -0.05) is 53.7 Å². The van der Waals surface area contributed by atoms with Crippen LogP contribution in [0, 0.1) is 0 Å². The van der Waals surface area contributed by atoms with E-state index in [1.165, 1.54) is 42.4 Å². The molecule has 0 unspecified atom stereocenters. The van der Waals surface area contributed by atoms with Crippen LogP contribution in [-0.4, -0.2) is 8.75 Å². The maximum atomic E-state index is 4.69. The van der Waals surface area contributed by atoms with E-state index in [4.69, 9.17) is 0 Å². The number of nitrogens with zero attached hydrogens (tertiary/aromatic N) is 2. The molecular formula is C24H28N2S3. The Labute approximate surface area is 186 Å². The average Bonchev–Trinajstić information content (AvgIpc) is 3.47. The van der Waals surface area contributed by atoms with E-state index in [-0.39, 0.29) is 10.8 Å². The molecule has 2 nitrogen and oxygen atoms in total. The predicted octanol–water partition coefficient (Wildman–Crippen LogP) is 8.52. The molecule has 4 rings (SSSR count). The van der Waals surface area contributed by atoms with E-state index in [9.17, 15) is 0 Å². The number of fused-ring (bicyclic) bond motifs is 1. The lowest BCUT2D eigenvalue weighted by molar-refractivity contribution is 0.517. The van der Waals surface area contributed by atoms with Crippen LogP contribution in [0.4, 0.5) is 0 Å². The summed E-state index contributed by atoms with van der Waals surface area (Å²) in [6.45, 7) is 13.8. The lowest BCUT2D eigenvalue weighted by Gasteiger charge is -2.20. The van der Waals surface area contributed by atoms with Gasteiger partial charge in [0.1, 0.15) is 11.0 Å². The molecule has 4 aromatic rings. The van der Waals surface area contributed by atoms with Crippen LogP contribution >= 0.6 is 34.4 Å². The number of benzene rings is 1. The Morgan fingerprint density at radius 3 is 1.45 bits per heavy atom. The van der Waals surface area contributed by atoms with Crippen LogP contribution in [0.3, 0.4) is 0 Å². The van der Waals surface area contributed by atoms with Crippen molar-refractivity contribution in [2.24, 2.45) is 0 Å². The van der Waals surface area contributed by atoms with Crippen LogP contribution < -0.4 is 0 Å². The van der Waals surface area contributed by atoms with Gasteiger partial charge in [0.05, 0.1) is 11.7 Å². The smallest absolute Gasteiger partial charge is 0.114 e. The van der Waals surface area contributed by atoms with Gasteiger partial charge in [-0.05, 0) is 47.9 Å². The van der Waals surface area contributed by atoms with Crippen LogP contribution in [0.5, 0.6) is 0 Å². The van der Waals surface area contributed by atoms with Crippen molar-refractivity contribution >= 4 is 45.4 Å². The zero-order chi connectivity index (χ0) is 20.8. The van der Waals surface area contributed by atoms with Crippen molar-refractivity contribution in [1.29, 1.82) is 0 Å². The topological polar surface area (TPSA) is 25.8 Å². The Kier molecular flexibility index (Phi) is 5.43. The largest absolute Gasteiger partial charge is 0.172 e. The van der Waals surface area contributed by atoms with Gasteiger partial charge in [-0.25, -0.2) is 0 Å². The fourth-order valence-corrected chi connectivity index (χ4v) is 6.29. The molecule has 0 bridgehead atoms. The fraction of sp³-hybridized carbons (Fsp3) is 0.417. The summed E-state index contributed by atoms with van der Waals surface area (Å²) >= 11 is 5.09. The molecule has 152 valence electrons. The molecule has 0 aliphatic heterocycles. The molecule has 0 saturated carbocycles. The molecular weight excluding hydrogens is 412 g/mol. The van der Waals surface area contributed by atoms with Crippen LogP contribution in [0.1, 0.15) is 64.1 Å². The Hall–Kier alpha value is -1.56. The molecule has 0 saturated heterocycles. The molecule has 0 N–H and O–H groups in total. The van der Waals surface area contributed by atoms with Crippen molar-refractivity contribution in [1.82, 2.24) is 8.75 Å². The van der Waals surface area contributed by atoms with Gasteiger partial charge < -0.3 is 0 Å². The average molecular weight is 441 g/mol. The molecule has 1 aromatic carbocycles. The van der Waals surface area contributed by atoms with Crippen molar-refractivity contribution in [3.63, 3.8) is 0 Å². The van der Waals surface area contributed by atoms with Crippen molar-refractivity contribution in [3.8, 4) is 20.9 Å². The van der Waals surface area contributed by atoms with E-state index in [0.717, 1.165) is 23.9 Å². The predicted molar refractivity (Wildman–Crippen MR) is 131 cm³/mol. The molecule has 0 radical (unpaired) electrons. The Morgan fingerprint density at radius 2 is 1.07 bits per heavy atom. The molecule has 3 heterocycles. The van der Waals surface area contributed by atoms with Crippen molar-refractivity contribution in [3.05, 3.63) is 46.2 Å². The SMILES string of the molecule is CCC(C)(C)c1ccc(-c2ccc(-c3ccc(C(C)(C)CC)s3)c3nsnc23)s1. The van der Waals surface area contributed by atoms with Crippen molar-refractivity contribution < 1.29 is 0 Å². The summed E-state index contributed by atoms with van der Waals surface area (Å²) in [5.74, 6) is 0. The number of hydrogen-bond donors (Lipinski definition) is 0. The van der Waals surface area contributed by atoms with E-state index in [2.05, 4.69) is 86.7 Å². The zero-order valence-corrected chi connectivity index (χ0v) is 20.4. The zero-order valence-electron chi connectivity index (χ0n) is 18.0. The van der Waals surface area contributed by atoms with Crippen molar-refractivity contribution in [2.75, 3.05) is 0 Å². The van der Waals surface area contributed by atoms with Gasteiger partial charge in [0.15, 0.2) is 0 Å².